The van der Waals surface area contributed by atoms with E-state index in [0.717, 1.165) is 16.8 Å². The minimum Gasteiger partial charge on any atom is -0.384 e. The lowest BCUT2D eigenvalue weighted by molar-refractivity contribution is 0.0571. The van der Waals surface area contributed by atoms with Crippen LogP contribution in [0.4, 0.5) is 0 Å². The molecule has 5 heteroatoms. The highest BCUT2D eigenvalue weighted by atomic mass is 32.1. The minimum absolute atomic E-state index is 0.472. The molecule has 4 nitrogen and oxygen atoms in total. The molecule has 2 aromatic heterocycles. The van der Waals surface area contributed by atoms with Crippen molar-refractivity contribution in [1.29, 1.82) is 5.26 Å². The first kappa shape index (κ1) is 14.8. The number of nitrogens with one attached hydrogen (secondary N) is 1. The van der Waals surface area contributed by atoms with Gasteiger partial charge >= 0.3 is 0 Å². The second-order valence-electron chi connectivity index (χ2n) is 5.20. The predicted molar refractivity (Wildman–Crippen MR) is 80.5 cm³/mol. The average Bonchev–Trinajstić information content (AvgIpc) is 3.03. The van der Waals surface area contributed by atoms with E-state index in [2.05, 4.69) is 11.4 Å². The number of nitriles is 1. The lowest BCUT2D eigenvalue weighted by Gasteiger charge is -2.23. The monoisotopic (exact) mass is 289 g/mol. The van der Waals surface area contributed by atoms with Gasteiger partial charge in [-0.2, -0.15) is 16.6 Å². The van der Waals surface area contributed by atoms with Crippen LogP contribution in [-0.4, -0.2) is 16.2 Å². The van der Waals surface area contributed by atoms with Crippen LogP contribution >= 0.6 is 11.3 Å². The molecule has 0 aliphatic heterocycles. The van der Waals surface area contributed by atoms with Gasteiger partial charge in [0.15, 0.2) is 0 Å². The van der Waals surface area contributed by atoms with Crippen molar-refractivity contribution >= 4 is 11.3 Å². The van der Waals surface area contributed by atoms with E-state index < -0.39 is 5.60 Å². The van der Waals surface area contributed by atoms with Crippen molar-refractivity contribution in [2.75, 3.05) is 6.54 Å². The number of rotatable bonds is 5. The zero-order valence-electron chi connectivity index (χ0n) is 12.0. The van der Waals surface area contributed by atoms with Crippen LogP contribution in [-0.2, 0) is 19.2 Å². The Morgan fingerprint density at radius 3 is 2.85 bits per heavy atom. The van der Waals surface area contributed by atoms with Gasteiger partial charge < -0.3 is 15.0 Å². The summed E-state index contributed by atoms with van der Waals surface area (Å²) in [5.74, 6) is 0. The fraction of sp³-hybridized carbons (Fsp3) is 0.400. The summed E-state index contributed by atoms with van der Waals surface area (Å²) in [4.78, 5) is 0. The van der Waals surface area contributed by atoms with Gasteiger partial charge in [-0.25, -0.2) is 0 Å². The molecule has 0 aromatic carbocycles. The molecule has 0 fully saturated rings. The van der Waals surface area contributed by atoms with Crippen molar-refractivity contribution in [3.63, 3.8) is 0 Å². The standard InChI is InChI=1S/C15H19N3OS/c1-11-12(6-14(7-16)18(11)3)8-17-10-15(2,19)13-4-5-20-9-13/h4-6,9,17,19H,8,10H2,1-3H3. The number of hydrogen-bond acceptors (Lipinski definition) is 4. The van der Waals surface area contributed by atoms with Crippen LogP contribution in [0.1, 0.15) is 29.4 Å². The molecule has 0 aliphatic carbocycles. The van der Waals surface area contributed by atoms with Gasteiger partial charge in [-0.15, -0.1) is 0 Å². The summed E-state index contributed by atoms with van der Waals surface area (Å²) < 4.78 is 1.88. The summed E-state index contributed by atoms with van der Waals surface area (Å²) in [6.07, 6.45) is 0. The summed E-state index contributed by atoms with van der Waals surface area (Å²) in [6.45, 7) is 4.91. The number of thiophene rings is 1. The van der Waals surface area contributed by atoms with Gasteiger partial charge in [0.05, 0.1) is 5.60 Å². The molecular weight excluding hydrogens is 270 g/mol. The zero-order chi connectivity index (χ0) is 14.8. The van der Waals surface area contributed by atoms with Gasteiger partial charge in [-0.05, 0) is 47.9 Å². The smallest absolute Gasteiger partial charge is 0.120 e. The van der Waals surface area contributed by atoms with E-state index in [1.54, 1.807) is 18.3 Å². The Bertz CT molecular complexity index is 620. The number of nitrogens with zero attached hydrogens (tertiary/aromatic N) is 2. The van der Waals surface area contributed by atoms with Crippen LogP contribution in [0.2, 0.25) is 0 Å². The van der Waals surface area contributed by atoms with Gasteiger partial charge in [0.1, 0.15) is 11.8 Å². The van der Waals surface area contributed by atoms with E-state index >= 15 is 0 Å². The molecule has 0 radical (unpaired) electrons. The van der Waals surface area contributed by atoms with E-state index in [1.165, 1.54) is 0 Å². The van der Waals surface area contributed by atoms with Crippen molar-refractivity contribution in [1.82, 2.24) is 9.88 Å². The molecule has 2 aromatic rings. The number of hydrogen-bond donors (Lipinski definition) is 2. The van der Waals surface area contributed by atoms with E-state index in [4.69, 9.17) is 5.26 Å². The van der Waals surface area contributed by atoms with E-state index in [0.29, 0.717) is 18.8 Å². The van der Waals surface area contributed by atoms with Crippen LogP contribution in [0.3, 0.4) is 0 Å². The van der Waals surface area contributed by atoms with Crippen LogP contribution in [0.25, 0.3) is 0 Å². The Kier molecular flexibility index (Phi) is 4.29. The summed E-state index contributed by atoms with van der Waals surface area (Å²) in [6, 6.07) is 6.00. The summed E-state index contributed by atoms with van der Waals surface area (Å²) in [7, 11) is 1.89. The average molecular weight is 289 g/mol. The topological polar surface area (TPSA) is 61.0 Å². The molecule has 1 atom stereocenters. The molecular formula is C15H19N3OS. The Balaban J connectivity index is 1.99. The molecule has 106 valence electrons. The highest BCUT2D eigenvalue weighted by Crippen LogP contribution is 2.22. The Morgan fingerprint density at radius 2 is 2.30 bits per heavy atom. The molecule has 2 heterocycles. The molecule has 2 rings (SSSR count). The quantitative estimate of drug-likeness (QED) is 0.887. The first-order chi connectivity index (χ1) is 9.45. The molecule has 20 heavy (non-hydrogen) atoms. The fourth-order valence-electron chi connectivity index (χ4n) is 2.16. The molecule has 2 N–H and O–H groups in total. The maximum atomic E-state index is 10.4. The highest BCUT2D eigenvalue weighted by molar-refractivity contribution is 7.08. The van der Waals surface area contributed by atoms with Crippen molar-refractivity contribution in [2.24, 2.45) is 7.05 Å². The largest absolute Gasteiger partial charge is 0.384 e. The van der Waals surface area contributed by atoms with Crippen LogP contribution < -0.4 is 5.32 Å². The first-order valence-electron chi connectivity index (χ1n) is 6.47. The van der Waals surface area contributed by atoms with Gasteiger partial charge in [0.25, 0.3) is 0 Å². The Morgan fingerprint density at radius 1 is 1.55 bits per heavy atom. The van der Waals surface area contributed by atoms with Gasteiger partial charge in [0, 0.05) is 25.8 Å². The van der Waals surface area contributed by atoms with Gasteiger partial charge in [0.2, 0.25) is 0 Å². The van der Waals surface area contributed by atoms with Crippen LogP contribution in [0, 0.1) is 18.3 Å². The summed E-state index contributed by atoms with van der Waals surface area (Å²) >= 11 is 1.58. The number of aliphatic hydroxyl groups is 1. The molecule has 0 saturated carbocycles. The lowest BCUT2D eigenvalue weighted by Crippen LogP contribution is -2.34. The minimum atomic E-state index is -0.874. The first-order valence-corrected chi connectivity index (χ1v) is 7.41. The number of aromatic nitrogens is 1. The maximum Gasteiger partial charge on any atom is 0.120 e. The van der Waals surface area contributed by atoms with E-state index in [-0.39, 0.29) is 0 Å². The molecule has 0 spiro atoms. The molecule has 1 unspecified atom stereocenters. The van der Waals surface area contributed by atoms with E-state index in [9.17, 15) is 5.11 Å². The van der Waals surface area contributed by atoms with Crippen molar-refractivity contribution < 1.29 is 5.11 Å². The highest BCUT2D eigenvalue weighted by Gasteiger charge is 2.23. The maximum absolute atomic E-state index is 10.4. The normalized spacial score (nSPS) is 13.9. The SMILES string of the molecule is Cc1c(CNCC(C)(O)c2ccsc2)cc(C#N)n1C. The summed E-state index contributed by atoms with van der Waals surface area (Å²) in [5, 5.41) is 26.6. The summed E-state index contributed by atoms with van der Waals surface area (Å²) in [5.41, 5.74) is 2.87. The third-order valence-corrected chi connectivity index (χ3v) is 4.37. The second kappa shape index (κ2) is 5.80. The molecule has 0 amide bonds. The third-order valence-electron chi connectivity index (χ3n) is 3.68. The van der Waals surface area contributed by atoms with Crippen molar-refractivity contribution in [3.05, 3.63) is 45.4 Å². The van der Waals surface area contributed by atoms with E-state index in [1.807, 2.05) is 41.4 Å². The van der Waals surface area contributed by atoms with Crippen LogP contribution in [0.15, 0.2) is 22.9 Å². The van der Waals surface area contributed by atoms with Gasteiger partial charge in [-0.1, -0.05) is 0 Å². The van der Waals surface area contributed by atoms with Crippen molar-refractivity contribution in [2.45, 2.75) is 26.0 Å². The Labute approximate surface area is 123 Å². The fourth-order valence-corrected chi connectivity index (χ4v) is 2.94. The molecule has 0 bridgehead atoms. The second-order valence-corrected chi connectivity index (χ2v) is 5.98. The Hall–Kier alpha value is -1.61. The zero-order valence-corrected chi connectivity index (χ0v) is 12.8. The van der Waals surface area contributed by atoms with Gasteiger partial charge in [-0.3, -0.25) is 0 Å². The van der Waals surface area contributed by atoms with Crippen molar-refractivity contribution in [3.8, 4) is 6.07 Å². The molecule has 0 saturated heterocycles. The third kappa shape index (κ3) is 2.93. The predicted octanol–water partition coefficient (Wildman–Crippen LogP) is 2.26. The molecule has 0 aliphatic rings. The van der Waals surface area contributed by atoms with Crippen LogP contribution in [0.5, 0.6) is 0 Å². The lowest BCUT2D eigenvalue weighted by atomic mass is 9.99.